The van der Waals surface area contributed by atoms with E-state index in [9.17, 15) is 9.18 Å². The summed E-state index contributed by atoms with van der Waals surface area (Å²) in [5.74, 6) is 0.298. The standard InChI is InChI=1S/C8H12FNO/c1-4(11)8-6-5(7(6)9)3-10(8)2/h5-8H,3H2,1-2H3/t5-,6+,7-,8+/m0/s1. The van der Waals surface area contributed by atoms with Crippen LogP contribution in [0.4, 0.5) is 4.39 Å². The van der Waals surface area contributed by atoms with Crippen molar-refractivity contribution >= 4 is 5.78 Å². The van der Waals surface area contributed by atoms with Crippen LogP contribution in [0.2, 0.25) is 0 Å². The van der Waals surface area contributed by atoms with Crippen molar-refractivity contribution in [2.45, 2.75) is 19.1 Å². The minimum Gasteiger partial charge on any atom is -0.298 e. The summed E-state index contributed by atoms with van der Waals surface area (Å²) >= 11 is 0. The lowest BCUT2D eigenvalue weighted by molar-refractivity contribution is -0.121. The zero-order valence-corrected chi connectivity index (χ0v) is 6.75. The van der Waals surface area contributed by atoms with Crippen molar-refractivity contribution in [2.75, 3.05) is 13.6 Å². The molecule has 0 unspecified atom stereocenters. The Morgan fingerprint density at radius 3 is 2.64 bits per heavy atom. The second-order valence-electron chi connectivity index (χ2n) is 3.68. The van der Waals surface area contributed by atoms with Crippen LogP contribution < -0.4 is 0 Å². The zero-order chi connectivity index (χ0) is 8.17. The number of piperidine rings is 1. The summed E-state index contributed by atoms with van der Waals surface area (Å²) in [6.45, 7) is 2.31. The number of ketones is 1. The third kappa shape index (κ3) is 0.836. The van der Waals surface area contributed by atoms with E-state index in [0.29, 0.717) is 0 Å². The van der Waals surface area contributed by atoms with Gasteiger partial charge in [0.25, 0.3) is 0 Å². The maximum absolute atomic E-state index is 12.8. The molecule has 2 aliphatic rings. The number of likely N-dealkylation sites (N-methyl/N-ethyl adjacent to an activating group) is 1. The van der Waals surface area contributed by atoms with Crippen LogP contribution in [-0.4, -0.2) is 36.5 Å². The Hall–Kier alpha value is -0.440. The minimum atomic E-state index is -0.694. The fourth-order valence-electron chi connectivity index (χ4n) is 2.31. The van der Waals surface area contributed by atoms with Gasteiger partial charge in [0.15, 0.2) is 0 Å². The van der Waals surface area contributed by atoms with Gasteiger partial charge in [-0.15, -0.1) is 0 Å². The summed E-state index contributed by atoms with van der Waals surface area (Å²) in [4.78, 5) is 13.0. The molecule has 0 amide bonds. The molecule has 0 aromatic carbocycles. The molecule has 62 valence electrons. The first-order chi connectivity index (χ1) is 5.13. The van der Waals surface area contributed by atoms with Crippen LogP contribution in [0, 0.1) is 11.8 Å². The lowest BCUT2D eigenvalue weighted by atomic mass is 10.1. The van der Waals surface area contributed by atoms with Gasteiger partial charge in [-0.05, 0) is 14.0 Å². The van der Waals surface area contributed by atoms with E-state index < -0.39 is 6.17 Å². The van der Waals surface area contributed by atoms with Crippen LogP contribution in [0.5, 0.6) is 0 Å². The first kappa shape index (κ1) is 7.22. The molecule has 3 heteroatoms. The van der Waals surface area contributed by atoms with Crippen LogP contribution in [0.1, 0.15) is 6.92 Å². The molecular formula is C8H12FNO. The van der Waals surface area contributed by atoms with E-state index in [1.807, 2.05) is 11.9 Å². The number of hydrogen-bond donors (Lipinski definition) is 0. The summed E-state index contributed by atoms with van der Waals surface area (Å²) in [5.41, 5.74) is 0. The molecule has 0 radical (unpaired) electrons. The Kier molecular flexibility index (Phi) is 1.34. The Morgan fingerprint density at radius 1 is 1.64 bits per heavy atom. The molecule has 0 spiro atoms. The molecule has 1 heterocycles. The molecule has 4 atom stereocenters. The van der Waals surface area contributed by atoms with E-state index in [2.05, 4.69) is 0 Å². The van der Waals surface area contributed by atoms with E-state index in [4.69, 9.17) is 0 Å². The quantitative estimate of drug-likeness (QED) is 0.551. The summed E-state index contributed by atoms with van der Waals surface area (Å²) in [6, 6.07) is -0.130. The second kappa shape index (κ2) is 2.03. The van der Waals surface area contributed by atoms with Gasteiger partial charge in [-0.2, -0.15) is 0 Å². The smallest absolute Gasteiger partial charge is 0.147 e. The topological polar surface area (TPSA) is 20.3 Å². The highest BCUT2D eigenvalue weighted by Gasteiger charge is 2.62. The fraction of sp³-hybridized carbons (Fsp3) is 0.875. The number of alkyl halides is 1. The SMILES string of the molecule is CC(=O)[C@@H]1[C@H]2[C@@H](F)[C@H]2CN1C. The number of rotatable bonds is 1. The van der Waals surface area contributed by atoms with Crippen molar-refractivity contribution in [3.05, 3.63) is 0 Å². The van der Waals surface area contributed by atoms with Gasteiger partial charge < -0.3 is 0 Å². The van der Waals surface area contributed by atoms with Crippen LogP contribution in [0.25, 0.3) is 0 Å². The average molecular weight is 157 g/mol. The number of fused-ring (bicyclic) bond motifs is 1. The van der Waals surface area contributed by atoms with Crippen LogP contribution in [0.3, 0.4) is 0 Å². The highest BCUT2D eigenvalue weighted by Crippen LogP contribution is 2.51. The van der Waals surface area contributed by atoms with Gasteiger partial charge >= 0.3 is 0 Å². The van der Waals surface area contributed by atoms with Gasteiger partial charge in [0.05, 0.1) is 6.04 Å². The van der Waals surface area contributed by atoms with E-state index >= 15 is 0 Å². The largest absolute Gasteiger partial charge is 0.298 e. The van der Waals surface area contributed by atoms with Gasteiger partial charge in [0, 0.05) is 18.4 Å². The third-order valence-electron chi connectivity index (χ3n) is 2.88. The van der Waals surface area contributed by atoms with Crippen molar-refractivity contribution in [1.82, 2.24) is 4.90 Å². The van der Waals surface area contributed by atoms with Gasteiger partial charge in [-0.1, -0.05) is 0 Å². The molecule has 11 heavy (non-hydrogen) atoms. The molecule has 1 aliphatic carbocycles. The maximum Gasteiger partial charge on any atom is 0.147 e. The number of carbonyl (C=O) groups is 1. The lowest BCUT2D eigenvalue weighted by Crippen LogP contribution is -2.36. The highest BCUT2D eigenvalue weighted by molar-refractivity contribution is 5.83. The first-order valence-electron chi connectivity index (χ1n) is 3.97. The molecular weight excluding hydrogens is 145 g/mol. The number of Topliss-reactive ketones (excluding diaryl/α,β-unsaturated/α-hetero) is 1. The molecule has 0 aromatic heterocycles. The highest BCUT2D eigenvalue weighted by atomic mass is 19.1. The number of halogens is 1. The first-order valence-corrected chi connectivity index (χ1v) is 3.97. The molecule has 2 rings (SSSR count). The molecule has 1 saturated heterocycles. The summed E-state index contributed by atoms with van der Waals surface area (Å²) < 4.78 is 12.8. The number of hydrogen-bond acceptors (Lipinski definition) is 2. The lowest BCUT2D eigenvalue weighted by Gasteiger charge is -2.20. The summed E-state index contributed by atoms with van der Waals surface area (Å²) in [6.07, 6.45) is -0.694. The molecule has 2 fully saturated rings. The zero-order valence-electron chi connectivity index (χ0n) is 6.75. The minimum absolute atomic E-state index is 0.0255. The van der Waals surface area contributed by atoms with Crippen molar-refractivity contribution < 1.29 is 9.18 Å². The predicted octanol–water partition coefficient (Wildman–Crippen LogP) is 0.474. The Bertz CT molecular complexity index is 206. The van der Waals surface area contributed by atoms with E-state index in [1.165, 1.54) is 0 Å². The molecule has 0 N–H and O–H groups in total. The Balaban J connectivity index is 2.13. The van der Waals surface area contributed by atoms with Crippen LogP contribution in [-0.2, 0) is 4.79 Å². The van der Waals surface area contributed by atoms with Gasteiger partial charge in [0.2, 0.25) is 0 Å². The molecule has 0 aromatic rings. The van der Waals surface area contributed by atoms with E-state index in [0.717, 1.165) is 6.54 Å². The average Bonchev–Trinajstić information content (AvgIpc) is 2.45. The monoisotopic (exact) mass is 157 g/mol. The molecule has 2 nitrogen and oxygen atoms in total. The Morgan fingerprint density at radius 2 is 2.27 bits per heavy atom. The number of carbonyl (C=O) groups excluding carboxylic acids is 1. The van der Waals surface area contributed by atoms with Crippen molar-refractivity contribution in [1.29, 1.82) is 0 Å². The third-order valence-corrected chi connectivity index (χ3v) is 2.88. The van der Waals surface area contributed by atoms with Gasteiger partial charge in [0.1, 0.15) is 12.0 Å². The van der Waals surface area contributed by atoms with E-state index in [1.54, 1.807) is 6.92 Å². The normalized spacial score (nSPS) is 49.0. The van der Waals surface area contributed by atoms with Gasteiger partial charge in [-0.25, -0.2) is 4.39 Å². The molecule has 0 bridgehead atoms. The predicted molar refractivity (Wildman–Crippen MR) is 39.0 cm³/mol. The summed E-state index contributed by atoms with van der Waals surface area (Å²) in [5, 5.41) is 0. The van der Waals surface area contributed by atoms with Crippen molar-refractivity contribution in [3.63, 3.8) is 0 Å². The van der Waals surface area contributed by atoms with Crippen LogP contribution >= 0.6 is 0 Å². The maximum atomic E-state index is 12.8. The second-order valence-corrected chi connectivity index (χ2v) is 3.68. The summed E-state index contributed by atoms with van der Waals surface area (Å²) in [7, 11) is 1.89. The van der Waals surface area contributed by atoms with E-state index in [-0.39, 0.29) is 23.7 Å². The van der Waals surface area contributed by atoms with Crippen molar-refractivity contribution in [2.24, 2.45) is 11.8 Å². The fourth-order valence-corrected chi connectivity index (χ4v) is 2.31. The van der Waals surface area contributed by atoms with Crippen LogP contribution in [0.15, 0.2) is 0 Å². The van der Waals surface area contributed by atoms with Gasteiger partial charge in [-0.3, -0.25) is 9.69 Å². The number of likely N-dealkylation sites (tertiary alicyclic amines) is 1. The van der Waals surface area contributed by atoms with Crippen molar-refractivity contribution in [3.8, 4) is 0 Å². The molecule has 1 saturated carbocycles. The number of nitrogens with zero attached hydrogens (tertiary/aromatic N) is 1. The Labute approximate surface area is 65.4 Å². The molecule has 1 aliphatic heterocycles.